The highest BCUT2D eigenvalue weighted by Gasteiger charge is 2.30. The highest BCUT2D eigenvalue weighted by atomic mass is 16.6. The number of aliphatic hydroxyl groups is 1. The summed E-state index contributed by atoms with van der Waals surface area (Å²) < 4.78 is 0. The van der Waals surface area contributed by atoms with Gasteiger partial charge in [-0.2, -0.15) is 0 Å². The number of nitro benzene ring substituents is 1. The standard InChI is InChI=1S/C26H28N4O3/c1-3-29(4-2)17-18-10-12-20(13-11-18)27-25(19-8-6-5-7-9-19)24-22-16-21(30(32)33)14-15-23(22)28-26(24)31/h5-16,26-28,31H,3-4,17H2,1-2H3/b25-24-. The number of anilines is 2. The smallest absolute Gasteiger partial charge is 0.270 e. The molecular formula is C26H28N4O3. The number of rotatable bonds is 8. The lowest BCUT2D eigenvalue weighted by molar-refractivity contribution is -0.384. The van der Waals surface area contributed by atoms with E-state index in [1.807, 2.05) is 42.5 Å². The predicted molar refractivity (Wildman–Crippen MR) is 133 cm³/mol. The number of hydrogen-bond donors (Lipinski definition) is 3. The monoisotopic (exact) mass is 444 g/mol. The summed E-state index contributed by atoms with van der Waals surface area (Å²) in [5.41, 5.74) is 5.50. The van der Waals surface area contributed by atoms with Gasteiger partial charge in [-0.05, 0) is 42.4 Å². The van der Waals surface area contributed by atoms with Crippen LogP contribution in [0.15, 0.2) is 72.8 Å². The third-order valence-electron chi connectivity index (χ3n) is 5.93. The molecule has 33 heavy (non-hydrogen) atoms. The second kappa shape index (κ2) is 9.85. The summed E-state index contributed by atoms with van der Waals surface area (Å²) in [7, 11) is 0. The van der Waals surface area contributed by atoms with Gasteiger partial charge in [0.15, 0.2) is 6.23 Å². The number of benzene rings is 3. The lowest BCUT2D eigenvalue weighted by Gasteiger charge is -2.19. The van der Waals surface area contributed by atoms with Gasteiger partial charge in [0.2, 0.25) is 0 Å². The fourth-order valence-corrected chi connectivity index (χ4v) is 4.08. The number of non-ortho nitro benzene ring substituents is 1. The quantitative estimate of drug-likeness (QED) is 0.328. The zero-order chi connectivity index (χ0) is 23.4. The molecule has 0 spiro atoms. The van der Waals surface area contributed by atoms with Gasteiger partial charge < -0.3 is 15.7 Å². The first-order valence-corrected chi connectivity index (χ1v) is 11.1. The van der Waals surface area contributed by atoms with Gasteiger partial charge in [0.05, 0.1) is 10.6 Å². The van der Waals surface area contributed by atoms with E-state index in [1.54, 1.807) is 6.07 Å². The first kappa shape index (κ1) is 22.5. The number of nitrogens with zero attached hydrogens (tertiary/aromatic N) is 2. The van der Waals surface area contributed by atoms with Crippen molar-refractivity contribution in [3.8, 4) is 0 Å². The Morgan fingerprint density at radius 3 is 2.39 bits per heavy atom. The third kappa shape index (κ3) is 4.89. The third-order valence-corrected chi connectivity index (χ3v) is 5.93. The van der Waals surface area contributed by atoms with Crippen LogP contribution in [-0.4, -0.2) is 34.2 Å². The molecule has 0 amide bonds. The van der Waals surface area contributed by atoms with E-state index in [4.69, 9.17) is 0 Å². The van der Waals surface area contributed by atoms with Gasteiger partial charge in [-0.15, -0.1) is 0 Å². The zero-order valence-corrected chi connectivity index (χ0v) is 18.8. The number of aliphatic hydroxyl groups excluding tert-OH is 1. The number of fused-ring (bicyclic) bond motifs is 1. The van der Waals surface area contributed by atoms with Crippen LogP contribution >= 0.6 is 0 Å². The SMILES string of the molecule is CCN(CC)Cc1ccc(N/C(=C2/c3cc([N+](=O)[O-])ccc3NC2O)c2ccccc2)cc1. The van der Waals surface area contributed by atoms with Gasteiger partial charge in [-0.3, -0.25) is 15.0 Å². The second-order valence-corrected chi connectivity index (χ2v) is 7.97. The molecule has 1 aliphatic heterocycles. The van der Waals surface area contributed by atoms with Crippen LogP contribution in [0.2, 0.25) is 0 Å². The molecule has 0 saturated heterocycles. The van der Waals surface area contributed by atoms with Crippen LogP contribution in [-0.2, 0) is 6.54 Å². The highest BCUT2D eigenvalue weighted by molar-refractivity contribution is 6.03. The lowest BCUT2D eigenvalue weighted by Crippen LogP contribution is -2.22. The van der Waals surface area contributed by atoms with E-state index in [9.17, 15) is 15.2 Å². The maximum atomic E-state index is 11.4. The second-order valence-electron chi connectivity index (χ2n) is 7.97. The Hall–Kier alpha value is -3.68. The van der Waals surface area contributed by atoms with Crippen molar-refractivity contribution in [1.29, 1.82) is 0 Å². The Bertz CT molecular complexity index is 1160. The maximum absolute atomic E-state index is 11.4. The molecule has 7 nitrogen and oxygen atoms in total. The predicted octanol–water partition coefficient (Wildman–Crippen LogP) is 5.16. The molecule has 0 saturated carbocycles. The summed E-state index contributed by atoms with van der Waals surface area (Å²) in [6, 6.07) is 22.5. The van der Waals surface area contributed by atoms with Crippen molar-refractivity contribution in [1.82, 2.24) is 4.90 Å². The van der Waals surface area contributed by atoms with E-state index < -0.39 is 11.2 Å². The molecule has 0 bridgehead atoms. The molecule has 0 aromatic heterocycles. The van der Waals surface area contributed by atoms with Crippen LogP contribution in [0.4, 0.5) is 17.1 Å². The fourth-order valence-electron chi connectivity index (χ4n) is 4.08. The van der Waals surface area contributed by atoms with Gasteiger partial charge in [-0.1, -0.05) is 56.3 Å². The van der Waals surface area contributed by atoms with E-state index >= 15 is 0 Å². The van der Waals surface area contributed by atoms with E-state index in [0.29, 0.717) is 22.5 Å². The molecule has 7 heteroatoms. The molecule has 4 rings (SSSR count). The van der Waals surface area contributed by atoms with Crippen molar-refractivity contribution in [2.75, 3.05) is 23.7 Å². The van der Waals surface area contributed by atoms with Gasteiger partial charge in [0.25, 0.3) is 5.69 Å². The molecule has 0 aliphatic carbocycles. The van der Waals surface area contributed by atoms with E-state index in [-0.39, 0.29) is 5.69 Å². The van der Waals surface area contributed by atoms with Gasteiger partial charge in [0, 0.05) is 41.2 Å². The van der Waals surface area contributed by atoms with Crippen LogP contribution in [0.3, 0.4) is 0 Å². The van der Waals surface area contributed by atoms with Gasteiger partial charge in [-0.25, -0.2) is 0 Å². The van der Waals surface area contributed by atoms with Crippen LogP contribution in [0, 0.1) is 10.1 Å². The van der Waals surface area contributed by atoms with E-state index in [1.165, 1.54) is 17.7 Å². The summed E-state index contributed by atoms with van der Waals surface area (Å²) in [6.45, 7) is 7.19. The molecule has 3 aromatic rings. The van der Waals surface area contributed by atoms with E-state index in [0.717, 1.165) is 30.9 Å². The maximum Gasteiger partial charge on any atom is 0.270 e. The Morgan fingerprint density at radius 1 is 1.06 bits per heavy atom. The normalized spacial score (nSPS) is 16.3. The molecule has 1 aliphatic rings. The van der Waals surface area contributed by atoms with Crippen LogP contribution in [0.1, 0.15) is 30.5 Å². The molecule has 1 unspecified atom stereocenters. The number of nitrogens with one attached hydrogen (secondary N) is 2. The van der Waals surface area contributed by atoms with Crippen molar-refractivity contribution >= 4 is 28.3 Å². The van der Waals surface area contributed by atoms with Crippen molar-refractivity contribution in [3.63, 3.8) is 0 Å². The minimum atomic E-state index is -0.994. The van der Waals surface area contributed by atoms with Crippen LogP contribution in [0.5, 0.6) is 0 Å². The molecule has 170 valence electrons. The summed E-state index contributed by atoms with van der Waals surface area (Å²) in [4.78, 5) is 13.3. The summed E-state index contributed by atoms with van der Waals surface area (Å²) >= 11 is 0. The van der Waals surface area contributed by atoms with E-state index in [2.05, 4.69) is 41.5 Å². The molecule has 1 heterocycles. The average Bonchev–Trinajstić information content (AvgIpc) is 3.17. The molecule has 1 atom stereocenters. The Balaban J connectivity index is 1.75. The zero-order valence-electron chi connectivity index (χ0n) is 18.8. The first-order chi connectivity index (χ1) is 16.0. The summed E-state index contributed by atoms with van der Waals surface area (Å²) in [6.07, 6.45) is -0.994. The van der Waals surface area contributed by atoms with Crippen molar-refractivity contribution in [2.45, 2.75) is 26.6 Å². The van der Waals surface area contributed by atoms with Crippen molar-refractivity contribution in [3.05, 3.63) is 99.6 Å². The Kier molecular flexibility index (Phi) is 6.72. The molecule has 0 fully saturated rings. The van der Waals surface area contributed by atoms with Gasteiger partial charge >= 0.3 is 0 Å². The average molecular weight is 445 g/mol. The molecular weight excluding hydrogens is 416 g/mol. The van der Waals surface area contributed by atoms with Crippen molar-refractivity contribution in [2.24, 2.45) is 0 Å². The largest absolute Gasteiger partial charge is 0.369 e. The molecule has 0 radical (unpaired) electrons. The van der Waals surface area contributed by atoms with Gasteiger partial charge in [0.1, 0.15) is 0 Å². The fraction of sp³-hybridized carbons (Fsp3) is 0.231. The minimum absolute atomic E-state index is 0.0182. The Labute approximate surface area is 193 Å². The number of hydrogen-bond acceptors (Lipinski definition) is 6. The molecule has 3 aromatic carbocycles. The lowest BCUT2D eigenvalue weighted by atomic mass is 9.99. The summed E-state index contributed by atoms with van der Waals surface area (Å²) in [5.74, 6) is 0. The van der Waals surface area contributed by atoms with Crippen molar-refractivity contribution < 1.29 is 10.0 Å². The topological polar surface area (TPSA) is 90.7 Å². The van der Waals surface area contributed by atoms with Crippen LogP contribution < -0.4 is 10.6 Å². The molecule has 3 N–H and O–H groups in total. The summed E-state index contributed by atoms with van der Waals surface area (Å²) in [5, 5.41) is 28.7. The highest BCUT2D eigenvalue weighted by Crippen LogP contribution is 2.41. The first-order valence-electron chi connectivity index (χ1n) is 11.1. The number of nitro groups is 1. The van der Waals surface area contributed by atoms with Crippen LogP contribution in [0.25, 0.3) is 11.3 Å². The minimum Gasteiger partial charge on any atom is -0.369 e. The Morgan fingerprint density at radius 2 is 1.76 bits per heavy atom.